The SMILES string of the molecule is [C-]#[N+]c1cc(OC)cc(-c2noc(-c3ccc(F)cn3)n2)n1. The zero-order valence-corrected chi connectivity index (χ0v) is 11.3. The number of halogens is 1. The van der Waals surface area contributed by atoms with E-state index < -0.39 is 5.82 Å². The molecule has 0 aromatic carbocycles. The minimum absolute atomic E-state index is 0.129. The lowest BCUT2D eigenvalue weighted by Crippen LogP contribution is -1.90. The van der Waals surface area contributed by atoms with Crippen LogP contribution in [0.2, 0.25) is 0 Å². The molecular formula is C14H8FN5O2. The second kappa shape index (κ2) is 5.57. The molecule has 0 spiro atoms. The van der Waals surface area contributed by atoms with Crippen molar-refractivity contribution in [3.05, 3.63) is 47.7 Å². The lowest BCUT2D eigenvalue weighted by Gasteiger charge is -1.99. The van der Waals surface area contributed by atoms with E-state index in [4.69, 9.17) is 15.8 Å². The third-order valence-electron chi connectivity index (χ3n) is 2.74. The zero-order valence-electron chi connectivity index (χ0n) is 11.3. The van der Waals surface area contributed by atoms with Gasteiger partial charge in [0, 0.05) is 12.1 Å². The van der Waals surface area contributed by atoms with Crippen LogP contribution in [0.5, 0.6) is 5.75 Å². The first-order chi connectivity index (χ1) is 10.7. The molecule has 0 unspecified atom stereocenters. The van der Waals surface area contributed by atoms with E-state index in [9.17, 15) is 4.39 Å². The van der Waals surface area contributed by atoms with E-state index in [-0.39, 0.29) is 17.5 Å². The Hall–Kier alpha value is -3.34. The third kappa shape index (κ3) is 2.60. The maximum absolute atomic E-state index is 12.9. The average molecular weight is 297 g/mol. The summed E-state index contributed by atoms with van der Waals surface area (Å²) in [6, 6.07) is 5.75. The van der Waals surface area contributed by atoms with Gasteiger partial charge in [-0.15, -0.1) is 4.98 Å². The lowest BCUT2D eigenvalue weighted by atomic mass is 10.3. The van der Waals surface area contributed by atoms with Gasteiger partial charge < -0.3 is 14.1 Å². The summed E-state index contributed by atoms with van der Waals surface area (Å²) < 4.78 is 23.0. The largest absolute Gasteiger partial charge is 0.498 e. The van der Waals surface area contributed by atoms with E-state index in [1.807, 2.05) is 0 Å². The normalized spacial score (nSPS) is 10.2. The van der Waals surface area contributed by atoms with Crippen LogP contribution in [-0.4, -0.2) is 27.2 Å². The fraction of sp³-hybridized carbons (Fsp3) is 0.0714. The molecule has 22 heavy (non-hydrogen) atoms. The van der Waals surface area contributed by atoms with Gasteiger partial charge in [-0.25, -0.2) is 9.37 Å². The number of rotatable bonds is 3. The van der Waals surface area contributed by atoms with Crippen LogP contribution in [0.15, 0.2) is 35.0 Å². The Bertz CT molecular complexity index is 854. The van der Waals surface area contributed by atoms with E-state index in [0.717, 1.165) is 6.20 Å². The smallest absolute Gasteiger partial charge is 0.276 e. The summed E-state index contributed by atoms with van der Waals surface area (Å²) in [4.78, 5) is 15.4. The van der Waals surface area contributed by atoms with Crippen molar-refractivity contribution in [1.29, 1.82) is 0 Å². The van der Waals surface area contributed by atoms with E-state index in [1.165, 1.54) is 25.3 Å². The predicted octanol–water partition coefficient (Wildman–Crippen LogP) is 2.89. The van der Waals surface area contributed by atoms with Crippen molar-refractivity contribution < 1.29 is 13.7 Å². The van der Waals surface area contributed by atoms with Crippen LogP contribution in [0.4, 0.5) is 10.2 Å². The Balaban J connectivity index is 2.00. The van der Waals surface area contributed by atoms with Gasteiger partial charge in [-0.3, -0.25) is 0 Å². The van der Waals surface area contributed by atoms with Gasteiger partial charge >= 0.3 is 0 Å². The first-order valence-electron chi connectivity index (χ1n) is 6.09. The highest BCUT2D eigenvalue weighted by molar-refractivity contribution is 5.59. The van der Waals surface area contributed by atoms with Gasteiger partial charge in [-0.1, -0.05) is 11.7 Å². The van der Waals surface area contributed by atoms with Crippen molar-refractivity contribution in [2.45, 2.75) is 0 Å². The van der Waals surface area contributed by atoms with Crippen LogP contribution >= 0.6 is 0 Å². The molecule has 0 bridgehead atoms. The molecule has 7 nitrogen and oxygen atoms in total. The number of methoxy groups -OCH3 is 1. The summed E-state index contributed by atoms with van der Waals surface area (Å²) in [6.45, 7) is 7.03. The first kappa shape index (κ1) is 13.6. The van der Waals surface area contributed by atoms with E-state index in [1.54, 1.807) is 6.07 Å². The van der Waals surface area contributed by atoms with Crippen molar-refractivity contribution in [2.75, 3.05) is 7.11 Å². The van der Waals surface area contributed by atoms with Crippen molar-refractivity contribution in [3.8, 4) is 28.9 Å². The van der Waals surface area contributed by atoms with Gasteiger partial charge in [0.05, 0.1) is 13.3 Å². The summed E-state index contributed by atoms with van der Waals surface area (Å²) in [6.07, 6.45) is 1.06. The maximum Gasteiger partial charge on any atom is 0.276 e. The minimum atomic E-state index is -0.459. The first-order valence-corrected chi connectivity index (χ1v) is 6.09. The summed E-state index contributed by atoms with van der Waals surface area (Å²) in [5.41, 5.74) is 0.677. The molecule has 0 aliphatic heterocycles. The number of hydrogen-bond acceptors (Lipinski definition) is 6. The number of pyridine rings is 2. The van der Waals surface area contributed by atoms with Gasteiger partial charge in [0.25, 0.3) is 11.7 Å². The molecule has 3 rings (SSSR count). The molecule has 3 aromatic heterocycles. The third-order valence-corrected chi connectivity index (χ3v) is 2.74. The molecule has 0 radical (unpaired) electrons. The summed E-state index contributed by atoms with van der Waals surface area (Å²) in [7, 11) is 1.48. The molecule has 0 amide bonds. The van der Waals surface area contributed by atoms with Crippen LogP contribution in [-0.2, 0) is 0 Å². The van der Waals surface area contributed by atoms with Gasteiger partial charge in [0.2, 0.25) is 11.5 Å². The van der Waals surface area contributed by atoms with Crippen molar-refractivity contribution in [1.82, 2.24) is 20.1 Å². The topological polar surface area (TPSA) is 78.3 Å². The highest BCUT2D eigenvalue weighted by Gasteiger charge is 2.17. The van der Waals surface area contributed by atoms with E-state index in [2.05, 4.69) is 25.0 Å². The molecule has 3 heterocycles. The molecule has 3 aromatic rings. The Labute approximate surface area is 124 Å². The van der Waals surface area contributed by atoms with Gasteiger partial charge in [0.15, 0.2) is 0 Å². The van der Waals surface area contributed by atoms with Gasteiger partial charge in [-0.2, -0.15) is 4.98 Å². The standard InChI is InChI=1S/C14H8FN5O2/c1-16-12-6-9(21-2)5-11(18-12)13-19-14(22-20-13)10-4-3-8(15)7-17-10/h3-7H,2H3. The van der Waals surface area contributed by atoms with Gasteiger partial charge in [-0.05, 0) is 12.1 Å². The highest BCUT2D eigenvalue weighted by atomic mass is 19.1. The molecule has 0 atom stereocenters. The van der Waals surface area contributed by atoms with Crippen LogP contribution in [0.25, 0.3) is 27.9 Å². The molecule has 0 aliphatic rings. The van der Waals surface area contributed by atoms with E-state index >= 15 is 0 Å². The number of aromatic nitrogens is 4. The minimum Gasteiger partial charge on any atom is -0.498 e. The van der Waals surface area contributed by atoms with E-state index in [0.29, 0.717) is 17.1 Å². The summed E-state index contributed by atoms with van der Waals surface area (Å²) in [5, 5.41) is 3.80. The monoisotopic (exact) mass is 297 g/mol. The molecule has 0 aliphatic carbocycles. The Morgan fingerprint density at radius 2 is 2.09 bits per heavy atom. The number of ether oxygens (including phenoxy) is 1. The molecule has 0 saturated carbocycles. The van der Waals surface area contributed by atoms with Crippen molar-refractivity contribution in [3.63, 3.8) is 0 Å². The Morgan fingerprint density at radius 3 is 2.77 bits per heavy atom. The molecule has 108 valence electrons. The fourth-order valence-electron chi connectivity index (χ4n) is 1.72. The maximum atomic E-state index is 12.9. The average Bonchev–Trinajstić information content (AvgIpc) is 3.05. The van der Waals surface area contributed by atoms with Gasteiger partial charge in [0.1, 0.15) is 17.3 Å². The van der Waals surface area contributed by atoms with Crippen molar-refractivity contribution in [2.24, 2.45) is 0 Å². The molecule has 0 N–H and O–H groups in total. The van der Waals surface area contributed by atoms with Crippen LogP contribution in [0.1, 0.15) is 0 Å². The number of nitrogens with zero attached hydrogens (tertiary/aromatic N) is 5. The Morgan fingerprint density at radius 1 is 1.23 bits per heavy atom. The molecule has 0 saturated heterocycles. The number of hydrogen-bond donors (Lipinski definition) is 0. The highest BCUT2D eigenvalue weighted by Crippen LogP contribution is 2.26. The molecular weight excluding hydrogens is 289 g/mol. The summed E-state index contributed by atoms with van der Waals surface area (Å²) >= 11 is 0. The summed E-state index contributed by atoms with van der Waals surface area (Å²) in [5.74, 6) is 0.469. The zero-order chi connectivity index (χ0) is 15.5. The quantitative estimate of drug-likeness (QED) is 0.692. The molecule has 0 fully saturated rings. The van der Waals surface area contributed by atoms with Crippen LogP contribution in [0.3, 0.4) is 0 Å². The second-order valence-electron chi connectivity index (χ2n) is 4.15. The second-order valence-corrected chi connectivity index (χ2v) is 4.15. The lowest BCUT2D eigenvalue weighted by molar-refractivity contribution is 0.414. The predicted molar refractivity (Wildman–Crippen MR) is 73.5 cm³/mol. The van der Waals surface area contributed by atoms with Crippen molar-refractivity contribution >= 4 is 5.82 Å². The molecule has 8 heteroatoms. The Kier molecular flexibility index (Phi) is 3.45. The van der Waals surface area contributed by atoms with Crippen LogP contribution in [0, 0.1) is 12.4 Å². The van der Waals surface area contributed by atoms with Crippen LogP contribution < -0.4 is 4.74 Å². The fourth-order valence-corrected chi connectivity index (χ4v) is 1.72.